The number of hydrogen-bond donors (Lipinski definition) is 2. The van der Waals surface area contributed by atoms with Crippen LogP contribution in [0.15, 0.2) is 0 Å². The molecule has 0 aliphatic heterocycles. The van der Waals surface area contributed by atoms with Crippen LogP contribution >= 0.6 is 11.3 Å². The molecule has 1 heterocycles. The van der Waals surface area contributed by atoms with Crippen molar-refractivity contribution in [3.63, 3.8) is 0 Å². The third kappa shape index (κ3) is 5.24. The van der Waals surface area contributed by atoms with Crippen LogP contribution in [-0.4, -0.2) is 57.2 Å². The van der Waals surface area contributed by atoms with E-state index in [1.165, 1.54) is 0 Å². The van der Waals surface area contributed by atoms with Crippen LogP contribution in [0.3, 0.4) is 0 Å². The van der Waals surface area contributed by atoms with Gasteiger partial charge in [-0.1, -0.05) is 11.3 Å². The maximum absolute atomic E-state index is 10.1. The Bertz CT molecular complexity index is 408. The third-order valence-corrected chi connectivity index (χ3v) is 4.07. The first kappa shape index (κ1) is 17.2. The van der Waals surface area contributed by atoms with Crippen molar-refractivity contribution in [1.82, 2.24) is 10.3 Å². The molecule has 1 unspecified atom stereocenters. The lowest BCUT2D eigenvalue weighted by molar-refractivity contribution is 0.0247. The number of anilines is 1. The normalized spacial score (nSPS) is 14.1. The van der Waals surface area contributed by atoms with Crippen molar-refractivity contribution in [1.29, 1.82) is 0 Å². The first-order chi connectivity index (χ1) is 9.39. The highest BCUT2D eigenvalue weighted by Gasteiger charge is 2.20. The molecular formula is C13H25N3O3S. The minimum Gasteiger partial charge on any atom is -0.480 e. The standard InChI is InChI=1S/C13H25N3O3S/c1-13(17,6-7-18-4)9-14-8-10-11(19-5)15-12(20-10)16(2)3/h14,17H,6-9H2,1-5H3. The van der Waals surface area contributed by atoms with Gasteiger partial charge in [0.05, 0.1) is 17.6 Å². The summed E-state index contributed by atoms with van der Waals surface area (Å²) in [5.41, 5.74) is -0.779. The van der Waals surface area contributed by atoms with E-state index in [1.807, 2.05) is 19.0 Å². The van der Waals surface area contributed by atoms with Crippen LogP contribution in [0.1, 0.15) is 18.2 Å². The van der Waals surface area contributed by atoms with Crippen molar-refractivity contribution in [2.45, 2.75) is 25.5 Å². The molecule has 1 aromatic heterocycles. The fourth-order valence-electron chi connectivity index (χ4n) is 1.64. The maximum Gasteiger partial charge on any atom is 0.230 e. The van der Waals surface area contributed by atoms with Gasteiger partial charge in [0.2, 0.25) is 5.88 Å². The molecule has 1 atom stereocenters. The highest BCUT2D eigenvalue weighted by atomic mass is 32.1. The van der Waals surface area contributed by atoms with E-state index in [-0.39, 0.29) is 0 Å². The number of thiazole rings is 1. The molecule has 0 saturated heterocycles. The topological polar surface area (TPSA) is 66.9 Å². The first-order valence-electron chi connectivity index (χ1n) is 6.52. The maximum atomic E-state index is 10.1. The lowest BCUT2D eigenvalue weighted by atomic mass is 10.0. The molecule has 2 N–H and O–H groups in total. The summed E-state index contributed by atoms with van der Waals surface area (Å²) in [5.74, 6) is 0.641. The minimum absolute atomic E-state index is 0.495. The summed E-state index contributed by atoms with van der Waals surface area (Å²) in [4.78, 5) is 7.37. The van der Waals surface area contributed by atoms with Crippen molar-refractivity contribution >= 4 is 16.5 Å². The number of methoxy groups -OCH3 is 2. The van der Waals surface area contributed by atoms with E-state index in [2.05, 4.69) is 10.3 Å². The van der Waals surface area contributed by atoms with E-state index in [9.17, 15) is 5.11 Å². The predicted molar refractivity (Wildman–Crippen MR) is 81.8 cm³/mol. The second-order valence-corrected chi connectivity index (χ2v) is 6.23. The Morgan fingerprint density at radius 3 is 2.65 bits per heavy atom. The molecule has 1 rings (SSSR count). The Hall–Kier alpha value is -0.890. The van der Waals surface area contributed by atoms with Gasteiger partial charge in [-0.3, -0.25) is 0 Å². The van der Waals surface area contributed by atoms with Crippen LogP contribution in [-0.2, 0) is 11.3 Å². The summed E-state index contributed by atoms with van der Waals surface area (Å²) in [6, 6.07) is 0. The summed E-state index contributed by atoms with van der Waals surface area (Å²) in [6.45, 7) is 3.46. The van der Waals surface area contributed by atoms with Gasteiger partial charge in [-0.15, -0.1) is 0 Å². The average Bonchev–Trinajstić information content (AvgIpc) is 2.80. The number of aromatic nitrogens is 1. The van der Waals surface area contributed by atoms with Crippen LogP contribution in [0.2, 0.25) is 0 Å². The molecule has 0 saturated carbocycles. The zero-order chi connectivity index (χ0) is 15.2. The zero-order valence-electron chi connectivity index (χ0n) is 12.9. The second kappa shape index (κ2) is 7.78. The fraction of sp³-hybridized carbons (Fsp3) is 0.769. The van der Waals surface area contributed by atoms with E-state index in [0.29, 0.717) is 32.0 Å². The van der Waals surface area contributed by atoms with Gasteiger partial charge < -0.3 is 24.8 Å². The molecule has 7 heteroatoms. The number of aliphatic hydroxyl groups is 1. The quantitative estimate of drug-likeness (QED) is 0.712. The first-order valence-corrected chi connectivity index (χ1v) is 7.34. The lowest BCUT2D eigenvalue weighted by Gasteiger charge is -2.23. The van der Waals surface area contributed by atoms with Gasteiger partial charge in [-0.2, -0.15) is 4.98 Å². The van der Waals surface area contributed by atoms with Gasteiger partial charge >= 0.3 is 0 Å². The van der Waals surface area contributed by atoms with Gasteiger partial charge in [-0.05, 0) is 6.92 Å². The Labute approximate surface area is 124 Å². The highest BCUT2D eigenvalue weighted by molar-refractivity contribution is 7.15. The monoisotopic (exact) mass is 303 g/mol. The summed E-state index contributed by atoms with van der Waals surface area (Å²) in [5, 5.41) is 14.3. The Morgan fingerprint density at radius 1 is 1.40 bits per heavy atom. The molecule has 0 radical (unpaired) electrons. The Kier molecular flexibility index (Phi) is 6.67. The Balaban J connectivity index is 2.53. The van der Waals surface area contributed by atoms with E-state index in [1.54, 1.807) is 32.5 Å². The number of hydrogen-bond acceptors (Lipinski definition) is 7. The average molecular weight is 303 g/mol. The van der Waals surface area contributed by atoms with Crippen LogP contribution in [0.4, 0.5) is 5.13 Å². The molecule has 116 valence electrons. The minimum atomic E-state index is -0.779. The predicted octanol–water partition coefficient (Wildman–Crippen LogP) is 1.09. The fourth-order valence-corrected chi connectivity index (χ4v) is 2.57. The largest absolute Gasteiger partial charge is 0.480 e. The molecule has 0 aliphatic carbocycles. The SMILES string of the molecule is COCCC(C)(O)CNCc1sc(N(C)C)nc1OC. The highest BCUT2D eigenvalue weighted by Crippen LogP contribution is 2.30. The van der Waals surface area contributed by atoms with E-state index >= 15 is 0 Å². The molecule has 1 aromatic rings. The molecule has 6 nitrogen and oxygen atoms in total. The molecule has 20 heavy (non-hydrogen) atoms. The molecule has 0 amide bonds. The van der Waals surface area contributed by atoms with Crippen molar-refractivity contribution in [3.05, 3.63) is 4.88 Å². The van der Waals surface area contributed by atoms with Crippen molar-refractivity contribution < 1.29 is 14.6 Å². The van der Waals surface area contributed by atoms with Gasteiger partial charge in [0.15, 0.2) is 5.13 Å². The smallest absolute Gasteiger partial charge is 0.230 e. The number of nitrogens with one attached hydrogen (secondary N) is 1. The number of ether oxygens (including phenoxy) is 2. The summed E-state index contributed by atoms with van der Waals surface area (Å²) >= 11 is 1.58. The van der Waals surface area contributed by atoms with Crippen LogP contribution < -0.4 is 15.0 Å². The van der Waals surface area contributed by atoms with Gasteiger partial charge in [0.25, 0.3) is 0 Å². The van der Waals surface area contributed by atoms with E-state index in [4.69, 9.17) is 9.47 Å². The van der Waals surface area contributed by atoms with Gasteiger partial charge in [0, 0.05) is 47.3 Å². The number of nitrogens with zero attached hydrogens (tertiary/aromatic N) is 2. The van der Waals surface area contributed by atoms with Crippen LogP contribution in [0.25, 0.3) is 0 Å². The summed E-state index contributed by atoms with van der Waals surface area (Å²) < 4.78 is 10.3. The Morgan fingerprint density at radius 2 is 2.10 bits per heavy atom. The molecular weight excluding hydrogens is 278 g/mol. The van der Waals surface area contributed by atoms with Crippen molar-refractivity contribution in [3.8, 4) is 5.88 Å². The summed E-state index contributed by atoms with van der Waals surface area (Å²) in [7, 11) is 7.15. The summed E-state index contributed by atoms with van der Waals surface area (Å²) in [6.07, 6.45) is 0.597. The molecule has 0 spiro atoms. The van der Waals surface area contributed by atoms with Gasteiger partial charge in [0.1, 0.15) is 0 Å². The van der Waals surface area contributed by atoms with Crippen LogP contribution in [0, 0.1) is 0 Å². The van der Waals surface area contributed by atoms with Crippen LogP contribution in [0.5, 0.6) is 5.88 Å². The number of rotatable bonds is 9. The van der Waals surface area contributed by atoms with E-state index in [0.717, 1.165) is 10.0 Å². The molecule has 0 bridgehead atoms. The second-order valence-electron chi connectivity index (χ2n) is 5.17. The van der Waals surface area contributed by atoms with Crippen molar-refractivity contribution in [2.24, 2.45) is 0 Å². The lowest BCUT2D eigenvalue weighted by Crippen LogP contribution is -2.38. The third-order valence-electron chi connectivity index (χ3n) is 2.86. The van der Waals surface area contributed by atoms with Crippen molar-refractivity contribution in [2.75, 3.05) is 46.4 Å². The molecule has 0 aromatic carbocycles. The van der Waals surface area contributed by atoms with E-state index < -0.39 is 5.60 Å². The zero-order valence-corrected chi connectivity index (χ0v) is 13.7. The van der Waals surface area contributed by atoms with Gasteiger partial charge in [-0.25, -0.2) is 0 Å². The molecule has 0 aliphatic rings. The molecule has 0 fully saturated rings.